The Morgan fingerprint density at radius 3 is 2.63 bits per heavy atom. The third kappa shape index (κ3) is 3.79. The molecule has 4 rings (SSSR count). The Morgan fingerprint density at radius 1 is 1.19 bits per heavy atom. The van der Waals surface area contributed by atoms with E-state index < -0.39 is 0 Å². The maximum absolute atomic E-state index is 11.6. The lowest BCUT2D eigenvalue weighted by molar-refractivity contribution is -0.114. The van der Waals surface area contributed by atoms with E-state index in [1.54, 1.807) is 11.3 Å². The van der Waals surface area contributed by atoms with Crippen LogP contribution in [0, 0.1) is 6.92 Å². The van der Waals surface area contributed by atoms with Crippen LogP contribution in [-0.4, -0.2) is 54.0 Å². The highest BCUT2D eigenvalue weighted by Crippen LogP contribution is 2.33. The summed E-state index contributed by atoms with van der Waals surface area (Å²) in [6.07, 6.45) is 1.92. The Kier molecular flexibility index (Phi) is 4.80. The van der Waals surface area contributed by atoms with Gasteiger partial charge < -0.3 is 15.1 Å². The summed E-state index contributed by atoms with van der Waals surface area (Å²) in [5.74, 6) is 1.43. The summed E-state index contributed by atoms with van der Waals surface area (Å²) in [6, 6.07) is 8.38. The van der Waals surface area contributed by atoms with E-state index in [0.29, 0.717) is 5.82 Å². The number of anilines is 2. The number of nitrogens with one attached hydrogen (secondary N) is 1. The standard InChI is InChI=1S/C20H23N5OS/c1-13(26)22-19-11-16-10-15(18-12-21-14(2)27-18)4-5-17(16)20(23-19)25-8-6-24(3)7-9-25/h4-5,10-12H,6-9H2,1-3H3,(H,22,23,26). The van der Waals surface area contributed by atoms with Gasteiger partial charge in [-0.3, -0.25) is 4.79 Å². The first-order chi connectivity index (χ1) is 13.0. The minimum atomic E-state index is -0.111. The molecule has 0 bridgehead atoms. The van der Waals surface area contributed by atoms with Crippen molar-refractivity contribution in [3.63, 3.8) is 0 Å². The molecule has 27 heavy (non-hydrogen) atoms. The summed E-state index contributed by atoms with van der Waals surface area (Å²) in [4.78, 5) is 26.5. The number of carbonyl (C=O) groups excluding carboxylic acids is 1. The van der Waals surface area contributed by atoms with Crippen molar-refractivity contribution < 1.29 is 4.79 Å². The Hall–Kier alpha value is -2.51. The summed E-state index contributed by atoms with van der Waals surface area (Å²) in [5, 5.41) is 6.09. The number of benzene rings is 1. The molecule has 3 heterocycles. The summed E-state index contributed by atoms with van der Waals surface area (Å²) in [5.41, 5.74) is 1.14. The number of aryl methyl sites for hydroxylation is 1. The van der Waals surface area contributed by atoms with Gasteiger partial charge >= 0.3 is 0 Å². The predicted octanol–water partition coefficient (Wildman–Crippen LogP) is 3.38. The number of rotatable bonds is 3. The molecule has 7 heteroatoms. The minimum absolute atomic E-state index is 0.111. The van der Waals surface area contributed by atoms with Crippen LogP contribution in [0.1, 0.15) is 11.9 Å². The van der Waals surface area contributed by atoms with E-state index >= 15 is 0 Å². The molecule has 2 aromatic heterocycles. The molecule has 0 saturated carbocycles. The average Bonchev–Trinajstić information content (AvgIpc) is 3.07. The van der Waals surface area contributed by atoms with Gasteiger partial charge in [0.15, 0.2) is 0 Å². The third-order valence-electron chi connectivity index (χ3n) is 4.82. The lowest BCUT2D eigenvalue weighted by atomic mass is 10.1. The SMILES string of the molecule is CC(=O)Nc1cc2cc(-c3cnc(C)s3)ccc2c(N2CCN(C)CC2)n1. The molecule has 0 unspecified atom stereocenters. The number of nitrogens with zero attached hydrogens (tertiary/aromatic N) is 4. The number of thiazole rings is 1. The van der Waals surface area contributed by atoms with Crippen LogP contribution >= 0.6 is 11.3 Å². The second kappa shape index (κ2) is 7.25. The Balaban J connectivity index is 1.81. The van der Waals surface area contributed by atoms with Crippen molar-refractivity contribution in [2.75, 3.05) is 43.4 Å². The van der Waals surface area contributed by atoms with Crippen molar-refractivity contribution in [2.24, 2.45) is 0 Å². The van der Waals surface area contributed by atoms with Crippen molar-refractivity contribution in [3.8, 4) is 10.4 Å². The molecule has 0 spiro atoms. The molecule has 6 nitrogen and oxygen atoms in total. The fraction of sp³-hybridized carbons (Fsp3) is 0.350. The van der Waals surface area contributed by atoms with E-state index in [1.807, 2.05) is 19.2 Å². The van der Waals surface area contributed by atoms with E-state index in [4.69, 9.17) is 4.98 Å². The Bertz CT molecular complexity index is 991. The van der Waals surface area contributed by atoms with E-state index in [-0.39, 0.29) is 5.91 Å². The Labute approximate surface area is 162 Å². The third-order valence-corrected chi connectivity index (χ3v) is 5.79. The van der Waals surface area contributed by atoms with Crippen LogP contribution in [0.4, 0.5) is 11.6 Å². The molecule has 1 saturated heterocycles. The highest BCUT2D eigenvalue weighted by molar-refractivity contribution is 7.15. The van der Waals surface area contributed by atoms with Gasteiger partial charge in [0.2, 0.25) is 5.91 Å². The molecule has 1 N–H and O–H groups in total. The van der Waals surface area contributed by atoms with Crippen LogP contribution in [0.3, 0.4) is 0 Å². The molecule has 140 valence electrons. The van der Waals surface area contributed by atoms with Gasteiger partial charge in [-0.05, 0) is 37.1 Å². The quantitative estimate of drug-likeness (QED) is 0.754. The van der Waals surface area contributed by atoms with E-state index in [0.717, 1.165) is 58.2 Å². The molecule has 3 aromatic rings. The summed E-state index contributed by atoms with van der Waals surface area (Å²) < 4.78 is 0. The minimum Gasteiger partial charge on any atom is -0.353 e. The number of hydrogen-bond acceptors (Lipinski definition) is 6. The monoisotopic (exact) mass is 381 g/mol. The number of hydrogen-bond donors (Lipinski definition) is 1. The first-order valence-electron chi connectivity index (χ1n) is 9.08. The largest absolute Gasteiger partial charge is 0.353 e. The first kappa shape index (κ1) is 17.9. The smallest absolute Gasteiger partial charge is 0.222 e. The van der Waals surface area contributed by atoms with Crippen molar-refractivity contribution >= 4 is 39.7 Å². The number of likely N-dealkylation sites (N-methyl/N-ethyl adjacent to an activating group) is 1. The second-order valence-electron chi connectivity index (χ2n) is 6.98. The molecule has 0 atom stereocenters. The normalized spacial score (nSPS) is 15.3. The molecular weight excluding hydrogens is 358 g/mol. The van der Waals surface area contributed by atoms with Gasteiger partial charge in [-0.15, -0.1) is 11.3 Å². The number of carbonyl (C=O) groups is 1. The molecule has 1 aliphatic heterocycles. The summed E-state index contributed by atoms with van der Waals surface area (Å²) in [7, 11) is 2.14. The number of pyridine rings is 1. The number of aromatic nitrogens is 2. The van der Waals surface area contributed by atoms with E-state index in [1.165, 1.54) is 6.92 Å². The van der Waals surface area contributed by atoms with Gasteiger partial charge in [-0.2, -0.15) is 0 Å². The van der Waals surface area contributed by atoms with Crippen molar-refractivity contribution in [1.29, 1.82) is 0 Å². The summed E-state index contributed by atoms with van der Waals surface area (Å²) in [6.45, 7) is 7.39. The van der Waals surface area contributed by atoms with Crippen molar-refractivity contribution in [1.82, 2.24) is 14.9 Å². The number of piperazine rings is 1. The zero-order valence-corrected chi connectivity index (χ0v) is 16.6. The van der Waals surface area contributed by atoms with Gasteiger partial charge in [0.05, 0.1) is 9.88 Å². The fourth-order valence-corrected chi connectivity index (χ4v) is 4.17. The molecule has 1 amide bonds. The lowest BCUT2D eigenvalue weighted by Gasteiger charge is -2.34. The zero-order valence-electron chi connectivity index (χ0n) is 15.8. The van der Waals surface area contributed by atoms with Gasteiger partial charge in [-0.1, -0.05) is 12.1 Å². The molecular formula is C20H23N5OS. The fourth-order valence-electron chi connectivity index (χ4n) is 3.39. The molecule has 0 aliphatic carbocycles. The van der Waals surface area contributed by atoms with E-state index in [2.05, 4.69) is 45.3 Å². The summed E-state index contributed by atoms with van der Waals surface area (Å²) >= 11 is 1.68. The maximum Gasteiger partial charge on any atom is 0.222 e. The maximum atomic E-state index is 11.6. The molecule has 1 aromatic carbocycles. The second-order valence-corrected chi connectivity index (χ2v) is 8.22. The van der Waals surface area contributed by atoms with Crippen molar-refractivity contribution in [3.05, 3.63) is 35.5 Å². The predicted molar refractivity (Wildman–Crippen MR) is 112 cm³/mol. The number of amides is 1. The van der Waals surface area contributed by atoms with Gasteiger partial charge in [0, 0.05) is 44.7 Å². The highest BCUT2D eigenvalue weighted by atomic mass is 32.1. The van der Waals surface area contributed by atoms with E-state index in [9.17, 15) is 4.79 Å². The van der Waals surface area contributed by atoms with Gasteiger partial charge in [-0.25, -0.2) is 9.97 Å². The zero-order chi connectivity index (χ0) is 19.0. The van der Waals surface area contributed by atoms with Gasteiger partial charge in [0.1, 0.15) is 11.6 Å². The Morgan fingerprint density at radius 2 is 1.96 bits per heavy atom. The van der Waals surface area contributed by atoms with Crippen LogP contribution in [-0.2, 0) is 4.79 Å². The number of fused-ring (bicyclic) bond motifs is 1. The van der Waals surface area contributed by atoms with Crippen LogP contribution < -0.4 is 10.2 Å². The topological polar surface area (TPSA) is 61.4 Å². The van der Waals surface area contributed by atoms with Crippen LogP contribution in [0.25, 0.3) is 21.2 Å². The molecule has 1 aliphatic rings. The van der Waals surface area contributed by atoms with Crippen LogP contribution in [0.5, 0.6) is 0 Å². The van der Waals surface area contributed by atoms with Gasteiger partial charge in [0.25, 0.3) is 0 Å². The van der Waals surface area contributed by atoms with Crippen LogP contribution in [0.2, 0.25) is 0 Å². The lowest BCUT2D eigenvalue weighted by Crippen LogP contribution is -2.44. The highest BCUT2D eigenvalue weighted by Gasteiger charge is 2.19. The van der Waals surface area contributed by atoms with Crippen molar-refractivity contribution in [2.45, 2.75) is 13.8 Å². The first-order valence-corrected chi connectivity index (χ1v) is 9.90. The molecule has 1 fully saturated rings. The van der Waals surface area contributed by atoms with Crippen LogP contribution in [0.15, 0.2) is 30.5 Å². The molecule has 0 radical (unpaired) electrons. The average molecular weight is 382 g/mol.